The zero-order valence-electron chi connectivity index (χ0n) is 9.77. The van der Waals surface area contributed by atoms with Crippen molar-refractivity contribution in [3.8, 4) is 0 Å². The molecule has 0 aliphatic rings. The fraction of sp³-hybridized carbons (Fsp3) is 0.455. The minimum atomic E-state index is -3.32. The summed E-state index contributed by atoms with van der Waals surface area (Å²) in [6, 6.07) is 4.19. The number of aryl methyl sites for hydroxylation is 1. The zero-order chi connectivity index (χ0) is 13.1. The SMILES string of the molecule is CCS(=O)(=O)NCC(O)c1ccc(F)c(C)c1. The van der Waals surface area contributed by atoms with Gasteiger partial charge in [-0.05, 0) is 31.0 Å². The predicted molar refractivity (Wildman–Crippen MR) is 63.6 cm³/mol. The highest BCUT2D eigenvalue weighted by Gasteiger charge is 2.13. The van der Waals surface area contributed by atoms with Crippen LogP contribution in [0.5, 0.6) is 0 Å². The van der Waals surface area contributed by atoms with Crippen LogP contribution in [0.4, 0.5) is 4.39 Å². The van der Waals surface area contributed by atoms with Gasteiger partial charge in [0.15, 0.2) is 0 Å². The van der Waals surface area contributed by atoms with Gasteiger partial charge in [-0.2, -0.15) is 0 Å². The highest BCUT2D eigenvalue weighted by atomic mass is 32.2. The Hall–Kier alpha value is -0.980. The molecule has 0 aromatic heterocycles. The summed E-state index contributed by atoms with van der Waals surface area (Å²) in [5, 5.41) is 9.75. The molecule has 0 fully saturated rings. The molecule has 0 aliphatic carbocycles. The lowest BCUT2D eigenvalue weighted by molar-refractivity contribution is 0.182. The van der Waals surface area contributed by atoms with Crippen LogP contribution in [-0.4, -0.2) is 25.8 Å². The van der Waals surface area contributed by atoms with Gasteiger partial charge in [-0.15, -0.1) is 0 Å². The van der Waals surface area contributed by atoms with Gasteiger partial charge in [-0.3, -0.25) is 0 Å². The highest BCUT2D eigenvalue weighted by molar-refractivity contribution is 7.89. The minimum Gasteiger partial charge on any atom is -0.387 e. The molecular formula is C11H16FNO3S. The molecule has 1 rings (SSSR count). The normalized spacial score (nSPS) is 13.6. The molecule has 0 spiro atoms. The van der Waals surface area contributed by atoms with E-state index in [-0.39, 0.29) is 18.1 Å². The van der Waals surface area contributed by atoms with Crippen molar-refractivity contribution in [3.63, 3.8) is 0 Å². The van der Waals surface area contributed by atoms with E-state index >= 15 is 0 Å². The van der Waals surface area contributed by atoms with E-state index in [0.29, 0.717) is 11.1 Å². The Kier molecular flexibility index (Phi) is 4.62. The Bertz CT molecular complexity index is 487. The van der Waals surface area contributed by atoms with Gasteiger partial charge in [0, 0.05) is 6.54 Å². The van der Waals surface area contributed by atoms with Crippen LogP contribution in [0.15, 0.2) is 18.2 Å². The van der Waals surface area contributed by atoms with Crippen molar-refractivity contribution in [2.75, 3.05) is 12.3 Å². The van der Waals surface area contributed by atoms with E-state index in [1.54, 1.807) is 6.92 Å². The van der Waals surface area contributed by atoms with Gasteiger partial charge in [0.25, 0.3) is 0 Å². The van der Waals surface area contributed by atoms with Crippen molar-refractivity contribution in [2.24, 2.45) is 0 Å². The van der Waals surface area contributed by atoms with Gasteiger partial charge < -0.3 is 5.11 Å². The zero-order valence-corrected chi connectivity index (χ0v) is 10.6. The Labute approximate surface area is 101 Å². The lowest BCUT2D eigenvalue weighted by Gasteiger charge is -2.12. The summed E-state index contributed by atoms with van der Waals surface area (Å²) in [7, 11) is -3.32. The third-order valence-electron chi connectivity index (χ3n) is 2.44. The van der Waals surface area contributed by atoms with Gasteiger partial charge >= 0.3 is 0 Å². The van der Waals surface area contributed by atoms with Gasteiger partial charge in [0.1, 0.15) is 5.82 Å². The van der Waals surface area contributed by atoms with Crippen LogP contribution < -0.4 is 4.72 Å². The van der Waals surface area contributed by atoms with Crippen molar-refractivity contribution in [2.45, 2.75) is 20.0 Å². The lowest BCUT2D eigenvalue weighted by Crippen LogP contribution is -2.29. The summed E-state index contributed by atoms with van der Waals surface area (Å²) in [5.74, 6) is -0.391. The van der Waals surface area contributed by atoms with Crippen molar-refractivity contribution < 1.29 is 17.9 Å². The van der Waals surface area contributed by atoms with Crippen molar-refractivity contribution >= 4 is 10.0 Å². The molecule has 96 valence electrons. The molecule has 1 unspecified atom stereocenters. The van der Waals surface area contributed by atoms with Gasteiger partial charge in [-0.25, -0.2) is 17.5 Å². The van der Waals surface area contributed by atoms with Gasteiger partial charge in [-0.1, -0.05) is 12.1 Å². The largest absolute Gasteiger partial charge is 0.387 e. The Morgan fingerprint density at radius 2 is 2.12 bits per heavy atom. The number of hydrogen-bond donors (Lipinski definition) is 2. The maximum absolute atomic E-state index is 13.0. The first-order valence-electron chi connectivity index (χ1n) is 5.27. The third kappa shape index (κ3) is 4.07. The molecular weight excluding hydrogens is 245 g/mol. The molecule has 1 aromatic rings. The molecule has 6 heteroatoms. The molecule has 0 radical (unpaired) electrons. The number of benzene rings is 1. The lowest BCUT2D eigenvalue weighted by atomic mass is 10.1. The monoisotopic (exact) mass is 261 g/mol. The second kappa shape index (κ2) is 5.57. The number of rotatable bonds is 5. The molecule has 0 amide bonds. The van der Waals surface area contributed by atoms with Crippen LogP contribution >= 0.6 is 0 Å². The molecule has 4 nitrogen and oxygen atoms in total. The number of aliphatic hydroxyl groups excluding tert-OH is 1. The molecule has 0 saturated heterocycles. The number of sulfonamides is 1. The summed E-state index contributed by atoms with van der Waals surface area (Å²) in [6.07, 6.45) is -0.976. The summed E-state index contributed by atoms with van der Waals surface area (Å²) in [4.78, 5) is 0. The first-order valence-corrected chi connectivity index (χ1v) is 6.92. The number of halogens is 1. The maximum Gasteiger partial charge on any atom is 0.211 e. The van der Waals surface area contributed by atoms with Crippen LogP contribution in [0.25, 0.3) is 0 Å². The maximum atomic E-state index is 13.0. The summed E-state index contributed by atoms with van der Waals surface area (Å²) in [6.45, 7) is 2.99. The smallest absolute Gasteiger partial charge is 0.211 e. The molecule has 17 heavy (non-hydrogen) atoms. The van der Waals surface area contributed by atoms with E-state index in [9.17, 15) is 17.9 Å². The van der Waals surface area contributed by atoms with E-state index in [0.717, 1.165) is 0 Å². The first kappa shape index (κ1) is 14.1. The van der Waals surface area contributed by atoms with E-state index < -0.39 is 16.1 Å². The molecule has 1 atom stereocenters. The van der Waals surface area contributed by atoms with Crippen LogP contribution in [0.2, 0.25) is 0 Å². The summed E-state index contributed by atoms with van der Waals surface area (Å²) < 4.78 is 37.6. The predicted octanol–water partition coefficient (Wildman–Crippen LogP) is 1.11. The molecule has 0 aliphatic heterocycles. The molecule has 1 aromatic carbocycles. The summed E-state index contributed by atoms with van der Waals surface area (Å²) in [5.41, 5.74) is 0.905. The first-order chi connectivity index (χ1) is 7.85. The molecule has 0 heterocycles. The van der Waals surface area contributed by atoms with Crippen molar-refractivity contribution in [1.82, 2.24) is 4.72 Å². The third-order valence-corrected chi connectivity index (χ3v) is 3.81. The fourth-order valence-corrected chi connectivity index (χ4v) is 1.92. The van der Waals surface area contributed by atoms with Crippen LogP contribution in [0.3, 0.4) is 0 Å². The van der Waals surface area contributed by atoms with E-state index in [2.05, 4.69) is 4.72 Å². The van der Waals surface area contributed by atoms with Crippen LogP contribution in [0.1, 0.15) is 24.2 Å². The molecule has 0 bridgehead atoms. The average Bonchev–Trinajstić information content (AvgIpc) is 2.30. The number of nitrogens with one attached hydrogen (secondary N) is 1. The van der Waals surface area contributed by atoms with E-state index in [1.807, 2.05) is 0 Å². The van der Waals surface area contributed by atoms with Gasteiger partial charge in [0.2, 0.25) is 10.0 Å². The average molecular weight is 261 g/mol. The van der Waals surface area contributed by atoms with Crippen LogP contribution in [-0.2, 0) is 10.0 Å². The highest BCUT2D eigenvalue weighted by Crippen LogP contribution is 2.16. The van der Waals surface area contributed by atoms with Crippen molar-refractivity contribution in [1.29, 1.82) is 0 Å². The standard InChI is InChI=1S/C11H16FNO3S/c1-3-17(15,16)13-7-11(14)9-4-5-10(12)8(2)6-9/h4-6,11,13-14H,3,7H2,1-2H3. The van der Waals surface area contributed by atoms with Gasteiger partial charge in [0.05, 0.1) is 11.9 Å². The summed E-state index contributed by atoms with van der Waals surface area (Å²) >= 11 is 0. The second-order valence-corrected chi connectivity index (χ2v) is 5.87. The second-order valence-electron chi connectivity index (χ2n) is 3.78. The topological polar surface area (TPSA) is 66.4 Å². The van der Waals surface area contributed by atoms with E-state index in [4.69, 9.17) is 0 Å². The Morgan fingerprint density at radius 3 is 2.65 bits per heavy atom. The van der Waals surface area contributed by atoms with Crippen LogP contribution in [0, 0.1) is 12.7 Å². The quantitative estimate of drug-likeness (QED) is 0.834. The van der Waals surface area contributed by atoms with E-state index in [1.165, 1.54) is 25.1 Å². The minimum absolute atomic E-state index is 0.0395. The fourth-order valence-electron chi connectivity index (χ4n) is 1.30. The molecule has 0 saturated carbocycles. The number of aliphatic hydroxyl groups is 1. The molecule has 2 N–H and O–H groups in total. The Balaban J connectivity index is 2.70. The Morgan fingerprint density at radius 1 is 1.47 bits per heavy atom. The van der Waals surface area contributed by atoms with Crippen molar-refractivity contribution in [3.05, 3.63) is 35.1 Å². The number of hydrogen-bond acceptors (Lipinski definition) is 3.